The molecule has 21 heavy (non-hydrogen) atoms. The number of rotatable bonds is 5. The Kier molecular flexibility index (Phi) is 3.73. The molecule has 3 rings (SSSR count). The van der Waals surface area contributed by atoms with Crippen molar-refractivity contribution in [3.8, 4) is 0 Å². The van der Waals surface area contributed by atoms with Crippen LogP contribution in [0.1, 0.15) is 12.0 Å². The number of fused-ring (bicyclic) bond motifs is 1. The first-order valence-electron chi connectivity index (χ1n) is 7.01. The van der Waals surface area contributed by atoms with Crippen LogP contribution in [0.15, 0.2) is 47.1 Å². The van der Waals surface area contributed by atoms with Crippen molar-refractivity contribution in [2.24, 2.45) is 0 Å². The van der Waals surface area contributed by atoms with Crippen LogP contribution >= 0.6 is 0 Å². The van der Waals surface area contributed by atoms with E-state index in [1.807, 2.05) is 25.2 Å². The van der Waals surface area contributed by atoms with Crippen molar-refractivity contribution in [2.75, 3.05) is 24.2 Å². The third-order valence-electron chi connectivity index (χ3n) is 3.64. The Bertz CT molecular complexity index is 723. The van der Waals surface area contributed by atoms with Gasteiger partial charge in [0, 0.05) is 13.6 Å². The Morgan fingerprint density at radius 3 is 2.62 bits per heavy atom. The van der Waals surface area contributed by atoms with E-state index in [9.17, 15) is 0 Å². The Morgan fingerprint density at radius 2 is 1.81 bits per heavy atom. The maximum Gasteiger partial charge on any atom is 0.160 e. The zero-order valence-electron chi connectivity index (χ0n) is 12.0. The van der Waals surface area contributed by atoms with Crippen molar-refractivity contribution in [1.82, 2.24) is 10.3 Å². The highest BCUT2D eigenvalue weighted by molar-refractivity contribution is 5.95. The highest BCUT2D eigenvalue weighted by atomic mass is 16.6. The van der Waals surface area contributed by atoms with E-state index >= 15 is 0 Å². The number of hydrogen-bond donors (Lipinski definition) is 1. The Labute approximate surface area is 123 Å². The maximum atomic E-state index is 5.86. The Hall–Kier alpha value is -2.56. The first-order chi connectivity index (χ1) is 10.3. The van der Waals surface area contributed by atoms with E-state index in [4.69, 9.17) is 10.4 Å². The van der Waals surface area contributed by atoms with E-state index in [0.29, 0.717) is 11.2 Å². The zero-order chi connectivity index (χ0) is 14.7. The van der Waals surface area contributed by atoms with E-state index < -0.39 is 0 Å². The monoisotopic (exact) mass is 282 g/mol. The van der Waals surface area contributed by atoms with Crippen LogP contribution in [-0.2, 0) is 6.42 Å². The average molecular weight is 282 g/mol. The molecule has 5 nitrogen and oxygen atoms in total. The molecule has 0 aliphatic heterocycles. The molecular formula is C16H18N4O. The molecule has 5 heteroatoms. The highest BCUT2D eigenvalue weighted by Gasteiger charge is 2.12. The fraction of sp³-hybridized carbons (Fsp3) is 0.250. The molecule has 0 bridgehead atoms. The molecule has 2 N–H and O–H groups in total. The largest absolute Gasteiger partial charge is 0.397 e. The van der Waals surface area contributed by atoms with Gasteiger partial charge in [0.15, 0.2) is 11.0 Å². The number of benzene rings is 2. The van der Waals surface area contributed by atoms with Gasteiger partial charge >= 0.3 is 0 Å². The van der Waals surface area contributed by atoms with E-state index in [-0.39, 0.29) is 0 Å². The average Bonchev–Trinajstić information content (AvgIpc) is 2.99. The topological polar surface area (TPSA) is 68.2 Å². The van der Waals surface area contributed by atoms with Gasteiger partial charge in [-0.3, -0.25) is 0 Å². The molecule has 1 aromatic heterocycles. The van der Waals surface area contributed by atoms with Crippen molar-refractivity contribution >= 4 is 22.4 Å². The van der Waals surface area contributed by atoms with Gasteiger partial charge in [-0.15, -0.1) is 0 Å². The minimum atomic E-state index is 0.590. The SMILES string of the molecule is CN(CCCc1ccccc1)c1ccc(N)c2nonc12. The van der Waals surface area contributed by atoms with Crippen molar-refractivity contribution in [3.63, 3.8) is 0 Å². The van der Waals surface area contributed by atoms with Crippen LogP contribution in [0.2, 0.25) is 0 Å². The lowest BCUT2D eigenvalue weighted by Gasteiger charge is -2.19. The summed E-state index contributed by atoms with van der Waals surface area (Å²) in [5, 5.41) is 7.81. The van der Waals surface area contributed by atoms with Crippen LogP contribution < -0.4 is 10.6 Å². The fourth-order valence-corrected chi connectivity index (χ4v) is 2.47. The van der Waals surface area contributed by atoms with Gasteiger partial charge in [0.2, 0.25) is 0 Å². The van der Waals surface area contributed by atoms with Crippen LogP contribution in [0.3, 0.4) is 0 Å². The van der Waals surface area contributed by atoms with Gasteiger partial charge in [0.05, 0.1) is 11.4 Å². The third-order valence-corrected chi connectivity index (χ3v) is 3.64. The van der Waals surface area contributed by atoms with Gasteiger partial charge in [0.25, 0.3) is 0 Å². The van der Waals surface area contributed by atoms with Crippen molar-refractivity contribution in [3.05, 3.63) is 48.0 Å². The molecule has 108 valence electrons. The van der Waals surface area contributed by atoms with Gasteiger partial charge in [-0.25, -0.2) is 4.63 Å². The first-order valence-corrected chi connectivity index (χ1v) is 7.01. The molecule has 0 saturated carbocycles. The molecular weight excluding hydrogens is 264 g/mol. The number of aryl methyl sites for hydroxylation is 1. The summed E-state index contributed by atoms with van der Waals surface area (Å²) >= 11 is 0. The van der Waals surface area contributed by atoms with E-state index in [2.05, 4.69) is 39.5 Å². The molecule has 0 unspecified atom stereocenters. The predicted molar refractivity (Wildman–Crippen MR) is 84.2 cm³/mol. The molecule has 0 aliphatic rings. The van der Waals surface area contributed by atoms with E-state index in [1.165, 1.54) is 5.56 Å². The molecule has 3 aromatic rings. The molecule has 0 atom stereocenters. The molecule has 0 amide bonds. The van der Waals surface area contributed by atoms with Crippen LogP contribution in [0.25, 0.3) is 11.0 Å². The summed E-state index contributed by atoms with van der Waals surface area (Å²) in [4.78, 5) is 2.16. The second-order valence-electron chi connectivity index (χ2n) is 5.15. The molecule has 1 heterocycles. The van der Waals surface area contributed by atoms with Crippen LogP contribution in [0.5, 0.6) is 0 Å². The van der Waals surface area contributed by atoms with Crippen molar-refractivity contribution in [2.45, 2.75) is 12.8 Å². The summed E-state index contributed by atoms with van der Waals surface area (Å²) in [7, 11) is 2.05. The minimum Gasteiger partial charge on any atom is -0.397 e. The second kappa shape index (κ2) is 5.83. The lowest BCUT2D eigenvalue weighted by Crippen LogP contribution is -2.19. The van der Waals surface area contributed by atoms with Gasteiger partial charge in [0.1, 0.15) is 0 Å². The number of nitrogens with two attached hydrogens (primary N) is 1. The first kappa shape index (κ1) is 13.4. The summed E-state index contributed by atoms with van der Waals surface area (Å²) in [6.07, 6.45) is 2.12. The standard InChI is InChI=1S/C16H18N4O/c1-20(11-5-8-12-6-3-2-4-7-12)14-10-9-13(17)15-16(14)19-21-18-15/h2-4,6-7,9-10H,5,8,11,17H2,1H3. The van der Waals surface area contributed by atoms with Crippen LogP contribution in [0, 0.1) is 0 Å². The molecule has 0 saturated heterocycles. The van der Waals surface area contributed by atoms with Crippen LogP contribution in [-0.4, -0.2) is 23.9 Å². The van der Waals surface area contributed by atoms with Gasteiger partial charge in [-0.1, -0.05) is 30.3 Å². The lowest BCUT2D eigenvalue weighted by atomic mass is 10.1. The summed E-state index contributed by atoms with van der Waals surface area (Å²) in [5.41, 5.74) is 10.2. The smallest absolute Gasteiger partial charge is 0.160 e. The molecule has 2 aromatic carbocycles. The maximum absolute atomic E-state index is 5.86. The van der Waals surface area contributed by atoms with Crippen LogP contribution in [0.4, 0.5) is 11.4 Å². The van der Waals surface area contributed by atoms with Gasteiger partial charge in [-0.2, -0.15) is 0 Å². The van der Waals surface area contributed by atoms with E-state index in [1.54, 1.807) is 0 Å². The number of aromatic nitrogens is 2. The summed E-state index contributed by atoms with van der Waals surface area (Å²) in [6.45, 7) is 0.931. The normalized spacial score (nSPS) is 10.9. The molecule has 0 fully saturated rings. The molecule has 0 radical (unpaired) electrons. The number of hydrogen-bond acceptors (Lipinski definition) is 5. The number of nitrogen functional groups attached to an aromatic ring is 1. The van der Waals surface area contributed by atoms with E-state index in [0.717, 1.165) is 30.6 Å². The fourth-order valence-electron chi connectivity index (χ4n) is 2.47. The van der Waals surface area contributed by atoms with Crippen molar-refractivity contribution < 1.29 is 4.63 Å². The second-order valence-corrected chi connectivity index (χ2v) is 5.15. The zero-order valence-corrected chi connectivity index (χ0v) is 12.0. The summed E-state index contributed by atoms with van der Waals surface area (Å²) in [5.74, 6) is 0. The summed E-state index contributed by atoms with van der Waals surface area (Å²) in [6, 6.07) is 14.3. The quantitative estimate of drug-likeness (QED) is 0.729. The number of nitrogens with zero attached hydrogens (tertiary/aromatic N) is 3. The van der Waals surface area contributed by atoms with Gasteiger partial charge < -0.3 is 10.6 Å². The lowest BCUT2D eigenvalue weighted by molar-refractivity contribution is 0.315. The Balaban J connectivity index is 1.68. The Morgan fingerprint density at radius 1 is 1.05 bits per heavy atom. The summed E-state index contributed by atoms with van der Waals surface area (Å²) < 4.78 is 4.80. The highest BCUT2D eigenvalue weighted by Crippen LogP contribution is 2.27. The van der Waals surface area contributed by atoms with Gasteiger partial charge in [-0.05, 0) is 40.9 Å². The molecule has 0 aliphatic carbocycles. The van der Waals surface area contributed by atoms with Crippen molar-refractivity contribution in [1.29, 1.82) is 0 Å². The minimum absolute atomic E-state index is 0.590. The molecule has 0 spiro atoms. The number of anilines is 2. The predicted octanol–water partition coefficient (Wildman–Crippen LogP) is 2.87. The third kappa shape index (κ3) is 2.81.